The number of rotatable bonds is 9. The van der Waals surface area contributed by atoms with Crippen LogP contribution in [0, 0.1) is 0 Å². The monoisotopic (exact) mass is 504 g/mol. The molecule has 5 rings (SSSR count). The average Bonchev–Trinajstić information content (AvgIpc) is 3.38. The first kappa shape index (κ1) is 24.6. The topological polar surface area (TPSA) is 70.7 Å². The molecule has 0 radical (unpaired) electrons. The molecule has 2 heterocycles. The summed E-state index contributed by atoms with van der Waals surface area (Å²) < 4.78 is 35.0. The summed E-state index contributed by atoms with van der Waals surface area (Å²) in [7, 11) is 4.80. The van der Waals surface area contributed by atoms with Crippen molar-refractivity contribution in [2.45, 2.75) is 26.1 Å². The van der Waals surface area contributed by atoms with Crippen molar-refractivity contribution in [3.05, 3.63) is 77.4 Å². The van der Waals surface area contributed by atoms with E-state index in [1.54, 1.807) is 21.3 Å². The van der Waals surface area contributed by atoms with E-state index in [1.165, 1.54) is 0 Å². The summed E-state index contributed by atoms with van der Waals surface area (Å²) in [5, 5.41) is 2.09. The molecule has 37 heavy (non-hydrogen) atoms. The number of fused-ring (bicyclic) bond motifs is 3. The maximum absolute atomic E-state index is 6.66. The lowest BCUT2D eigenvalue weighted by Crippen LogP contribution is -2.43. The van der Waals surface area contributed by atoms with Crippen molar-refractivity contribution in [1.29, 1.82) is 0 Å². The zero-order valence-corrected chi connectivity index (χ0v) is 21.7. The summed E-state index contributed by atoms with van der Waals surface area (Å²) in [6.45, 7) is 5.11. The third-order valence-electron chi connectivity index (χ3n) is 6.43. The van der Waals surface area contributed by atoms with Crippen LogP contribution in [-0.2, 0) is 0 Å². The molecule has 0 amide bonds. The minimum Gasteiger partial charge on any atom is -0.494 e. The molecule has 0 aromatic heterocycles. The maximum Gasteiger partial charge on any atom is 0.203 e. The Labute approximate surface area is 217 Å². The van der Waals surface area contributed by atoms with Crippen LogP contribution in [0.15, 0.2) is 60.7 Å². The molecule has 3 aromatic rings. The van der Waals surface area contributed by atoms with Crippen LogP contribution < -0.4 is 33.8 Å². The smallest absolute Gasteiger partial charge is 0.203 e. The van der Waals surface area contributed by atoms with Gasteiger partial charge in [0.15, 0.2) is 29.2 Å². The van der Waals surface area contributed by atoms with Gasteiger partial charge in [0.25, 0.3) is 0 Å². The number of ether oxygens (including phenoxy) is 6. The van der Waals surface area contributed by atoms with Gasteiger partial charge in [-0.3, -0.25) is 0 Å². The van der Waals surface area contributed by atoms with Crippen LogP contribution in [-0.4, -0.2) is 39.6 Å². The van der Waals surface area contributed by atoms with Gasteiger partial charge < -0.3 is 33.8 Å². The molecule has 0 aliphatic carbocycles. The lowest BCUT2D eigenvalue weighted by molar-refractivity contribution is -0.0348. The van der Waals surface area contributed by atoms with Gasteiger partial charge in [-0.2, -0.15) is 5.01 Å². The van der Waals surface area contributed by atoms with Crippen LogP contribution >= 0.6 is 0 Å². The molecule has 2 aliphatic heterocycles. The van der Waals surface area contributed by atoms with Gasteiger partial charge >= 0.3 is 0 Å². The first-order valence-electron chi connectivity index (χ1n) is 12.3. The Morgan fingerprint density at radius 1 is 0.838 bits per heavy atom. The van der Waals surface area contributed by atoms with Crippen molar-refractivity contribution in [1.82, 2.24) is 10.4 Å². The van der Waals surface area contributed by atoms with Gasteiger partial charge in [0, 0.05) is 11.1 Å². The van der Waals surface area contributed by atoms with Crippen LogP contribution in [0.2, 0.25) is 0 Å². The minimum absolute atomic E-state index is 0.102. The van der Waals surface area contributed by atoms with E-state index in [0.717, 1.165) is 33.9 Å². The van der Waals surface area contributed by atoms with Crippen molar-refractivity contribution in [2.75, 3.05) is 34.5 Å². The SMILES string of the molecule is CCOc1ccc(C2=CC3c4cccc(OCC)c4OC(c4cc(OC)c(OC)c(OC)c4)N3N2)cc1. The Bertz CT molecular complexity index is 1270. The predicted octanol–water partition coefficient (Wildman–Crippen LogP) is 5.50. The van der Waals surface area contributed by atoms with E-state index in [-0.39, 0.29) is 6.04 Å². The molecule has 0 bridgehead atoms. The van der Waals surface area contributed by atoms with Crippen molar-refractivity contribution < 1.29 is 28.4 Å². The fraction of sp³-hybridized carbons (Fsp3) is 0.310. The molecule has 0 fully saturated rings. The third kappa shape index (κ3) is 4.49. The Hall–Kier alpha value is -4.04. The van der Waals surface area contributed by atoms with E-state index in [2.05, 4.69) is 34.7 Å². The zero-order chi connectivity index (χ0) is 25.9. The van der Waals surface area contributed by atoms with Gasteiger partial charge in [0.2, 0.25) is 5.75 Å². The van der Waals surface area contributed by atoms with Crippen LogP contribution in [0.4, 0.5) is 0 Å². The number of nitrogens with one attached hydrogen (secondary N) is 1. The highest BCUT2D eigenvalue weighted by atomic mass is 16.5. The van der Waals surface area contributed by atoms with Crippen LogP contribution in [0.5, 0.6) is 34.5 Å². The summed E-state index contributed by atoms with van der Waals surface area (Å²) in [6.07, 6.45) is 1.70. The average molecular weight is 505 g/mol. The zero-order valence-electron chi connectivity index (χ0n) is 21.7. The first-order valence-corrected chi connectivity index (χ1v) is 12.3. The van der Waals surface area contributed by atoms with Crippen molar-refractivity contribution in [3.63, 3.8) is 0 Å². The quantitative estimate of drug-likeness (QED) is 0.410. The van der Waals surface area contributed by atoms with E-state index < -0.39 is 6.23 Å². The van der Waals surface area contributed by atoms with Crippen molar-refractivity contribution in [3.8, 4) is 34.5 Å². The number of nitrogens with zero attached hydrogens (tertiary/aromatic N) is 1. The molecule has 0 spiro atoms. The highest BCUT2D eigenvalue weighted by Crippen LogP contribution is 2.51. The number of hydrogen-bond acceptors (Lipinski definition) is 8. The Kier molecular flexibility index (Phi) is 7.01. The lowest BCUT2D eigenvalue weighted by atomic mass is 10.00. The molecular formula is C29H32N2O6. The second kappa shape index (κ2) is 10.5. The third-order valence-corrected chi connectivity index (χ3v) is 6.43. The van der Waals surface area contributed by atoms with Gasteiger partial charge in [-0.1, -0.05) is 12.1 Å². The van der Waals surface area contributed by atoms with E-state index in [9.17, 15) is 0 Å². The Balaban J connectivity index is 1.60. The standard InChI is InChI=1S/C29H32N2O6/c1-6-35-20-13-11-18(12-14-20)22-17-23-21-9-8-10-24(36-7-2)27(21)37-29(31(23)30-22)19-15-25(32-3)28(34-5)26(16-19)33-4/h8-17,23,29-30H,6-7H2,1-5H3. The Morgan fingerprint density at radius 3 is 2.16 bits per heavy atom. The first-order chi connectivity index (χ1) is 18.1. The summed E-state index contributed by atoms with van der Waals surface area (Å²) in [5.41, 5.74) is 7.46. The number of hydrazine groups is 1. The molecule has 1 N–H and O–H groups in total. The molecule has 8 heteroatoms. The molecular weight excluding hydrogens is 472 g/mol. The van der Waals surface area contributed by atoms with E-state index >= 15 is 0 Å². The normalized spacial score (nSPS) is 18.0. The molecule has 0 saturated carbocycles. The second-order valence-corrected chi connectivity index (χ2v) is 8.54. The van der Waals surface area contributed by atoms with Gasteiger partial charge in [-0.05, 0) is 68.0 Å². The summed E-state index contributed by atoms with van der Waals surface area (Å²) >= 11 is 0. The van der Waals surface area contributed by atoms with E-state index in [4.69, 9.17) is 28.4 Å². The number of hydrogen-bond donors (Lipinski definition) is 1. The van der Waals surface area contributed by atoms with Gasteiger partial charge in [0.1, 0.15) is 5.75 Å². The predicted molar refractivity (Wildman–Crippen MR) is 140 cm³/mol. The summed E-state index contributed by atoms with van der Waals surface area (Å²) in [6, 6.07) is 17.8. The summed E-state index contributed by atoms with van der Waals surface area (Å²) in [4.78, 5) is 0. The molecule has 0 saturated heterocycles. The van der Waals surface area contributed by atoms with Crippen LogP contribution in [0.25, 0.3) is 5.70 Å². The van der Waals surface area contributed by atoms with E-state index in [0.29, 0.717) is 36.2 Å². The van der Waals surface area contributed by atoms with Gasteiger partial charge in [0.05, 0.1) is 46.3 Å². The molecule has 2 aliphatic rings. The van der Waals surface area contributed by atoms with Crippen LogP contribution in [0.1, 0.15) is 42.8 Å². The number of para-hydroxylation sites is 1. The highest BCUT2D eigenvalue weighted by molar-refractivity contribution is 5.69. The largest absolute Gasteiger partial charge is 0.494 e. The molecule has 194 valence electrons. The van der Waals surface area contributed by atoms with Crippen LogP contribution in [0.3, 0.4) is 0 Å². The highest BCUT2D eigenvalue weighted by Gasteiger charge is 2.42. The molecule has 2 unspecified atom stereocenters. The molecule has 8 nitrogen and oxygen atoms in total. The second-order valence-electron chi connectivity index (χ2n) is 8.54. The Morgan fingerprint density at radius 2 is 1.54 bits per heavy atom. The number of methoxy groups -OCH3 is 3. The van der Waals surface area contributed by atoms with Crippen molar-refractivity contribution >= 4 is 5.70 Å². The maximum atomic E-state index is 6.66. The van der Waals surface area contributed by atoms with Gasteiger partial charge in [-0.25, -0.2) is 0 Å². The van der Waals surface area contributed by atoms with Gasteiger partial charge in [-0.15, -0.1) is 0 Å². The lowest BCUT2D eigenvalue weighted by Gasteiger charge is -2.39. The minimum atomic E-state index is -0.510. The summed E-state index contributed by atoms with van der Waals surface area (Å²) in [5.74, 6) is 3.90. The molecule has 3 aromatic carbocycles. The van der Waals surface area contributed by atoms with Crippen molar-refractivity contribution in [2.24, 2.45) is 0 Å². The fourth-order valence-corrected chi connectivity index (χ4v) is 4.79. The number of benzene rings is 3. The van der Waals surface area contributed by atoms with E-state index in [1.807, 2.05) is 50.2 Å². The molecule has 2 atom stereocenters. The fourth-order valence-electron chi connectivity index (χ4n) is 4.79.